The number of nitrogens with one attached hydrogen (secondary N) is 1. The number of halogens is 1. The number of hydrogen-bond acceptors (Lipinski definition) is 6. The maximum absolute atomic E-state index is 14.8. The lowest BCUT2D eigenvalue weighted by atomic mass is 10.00. The molecule has 4 rings (SSSR count). The molecule has 3 aromatic carbocycles. The van der Waals surface area contributed by atoms with Crippen molar-refractivity contribution >= 4 is 27.5 Å². The zero-order valence-corrected chi connectivity index (χ0v) is 26.4. The molecule has 1 heterocycles. The molecule has 0 radical (unpaired) electrons. The Bertz CT molecular complexity index is 1560. The van der Waals surface area contributed by atoms with E-state index in [1.165, 1.54) is 15.3 Å². The number of carbonyl (C=O) groups is 2. The van der Waals surface area contributed by atoms with Gasteiger partial charge in [-0.15, -0.1) is 0 Å². The van der Waals surface area contributed by atoms with Crippen LogP contribution in [0.5, 0.6) is 11.5 Å². The highest BCUT2D eigenvalue weighted by Gasteiger charge is 2.33. The average Bonchev–Trinajstić information content (AvgIpc) is 2.96. The van der Waals surface area contributed by atoms with Gasteiger partial charge in [0, 0.05) is 43.1 Å². The van der Waals surface area contributed by atoms with Gasteiger partial charge in [-0.05, 0) is 51.0 Å². The molecule has 0 saturated carbocycles. The number of nitrogens with zero attached hydrogens (tertiary/aromatic N) is 2. The summed E-state index contributed by atoms with van der Waals surface area (Å²) in [6.45, 7) is 6.20. The van der Waals surface area contributed by atoms with Gasteiger partial charge in [0.05, 0.1) is 11.9 Å². The first-order valence-electron chi connectivity index (χ1n) is 14.6. The first kappa shape index (κ1) is 32.8. The van der Waals surface area contributed by atoms with Crippen LogP contribution in [0, 0.1) is 5.82 Å². The van der Waals surface area contributed by atoms with Crippen LogP contribution in [0.4, 0.5) is 10.1 Å². The first-order valence-corrected chi connectivity index (χ1v) is 16.4. The van der Waals surface area contributed by atoms with E-state index in [0.29, 0.717) is 30.4 Å². The van der Waals surface area contributed by atoms with Gasteiger partial charge in [-0.25, -0.2) is 12.8 Å². The van der Waals surface area contributed by atoms with Gasteiger partial charge in [-0.3, -0.25) is 13.9 Å². The zero-order chi connectivity index (χ0) is 31.9. The Morgan fingerprint density at radius 2 is 1.61 bits per heavy atom. The average molecular weight is 626 g/mol. The zero-order valence-electron chi connectivity index (χ0n) is 25.6. The number of sulfonamides is 1. The van der Waals surface area contributed by atoms with Gasteiger partial charge in [-0.1, -0.05) is 48.5 Å². The van der Waals surface area contributed by atoms with E-state index in [2.05, 4.69) is 5.32 Å². The van der Waals surface area contributed by atoms with E-state index >= 15 is 0 Å². The number of fused-ring (bicyclic) bond motifs is 1. The number of benzene rings is 3. The Morgan fingerprint density at radius 1 is 0.955 bits per heavy atom. The number of hydrogen-bond donors (Lipinski definition) is 1. The van der Waals surface area contributed by atoms with Gasteiger partial charge in [0.25, 0.3) is 0 Å². The monoisotopic (exact) mass is 625 g/mol. The molecule has 11 heteroatoms. The van der Waals surface area contributed by atoms with Gasteiger partial charge in [0.2, 0.25) is 21.8 Å². The predicted molar refractivity (Wildman–Crippen MR) is 168 cm³/mol. The van der Waals surface area contributed by atoms with Crippen LogP contribution in [0.2, 0.25) is 0 Å². The van der Waals surface area contributed by atoms with E-state index in [4.69, 9.17) is 9.47 Å². The molecule has 236 valence electrons. The normalized spacial score (nSPS) is 13.6. The summed E-state index contributed by atoms with van der Waals surface area (Å²) >= 11 is 0. The molecule has 1 atom stereocenters. The lowest BCUT2D eigenvalue weighted by Crippen LogP contribution is -2.54. The van der Waals surface area contributed by atoms with E-state index in [9.17, 15) is 22.4 Å². The number of anilines is 1. The van der Waals surface area contributed by atoms with Gasteiger partial charge < -0.3 is 19.7 Å². The Labute approximate surface area is 259 Å². The summed E-state index contributed by atoms with van der Waals surface area (Å²) in [5.41, 5.74) is 0.934. The third-order valence-corrected chi connectivity index (χ3v) is 8.23. The maximum Gasteiger partial charge on any atom is 0.243 e. The summed E-state index contributed by atoms with van der Waals surface area (Å²) in [5.74, 6) is -0.260. The Hall–Kier alpha value is -4.12. The van der Waals surface area contributed by atoms with Crippen LogP contribution in [0.1, 0.15) is 44.7 Å². The highest BCUT2D eigenvalue weighted by molar-refractivity contribution is 7.92. The molecule has 0 aromatic heterocycles. The van der Waals surface area contributed by atoms with E-state index in [0.717, 1.165) is 11.8 Å². The third-order valence-electron chi connectivity index (χ3n) is 7.03. The van der Waals surface area contributed by atoms with Crippen LogP contribution < -0.4 is 19.1 Å². The van der Waals surface area contributed by atoms with E-state index in [1.54, 1.807) is 36.4 Å². The van der Waals surface area contributed by atoms with Crippen molar-refractivity contribution in [3.05, 3.63) is 89.7 Å². The standard InChI is InChI=1S/C33H40FN3O6S/c1-33(2,3)35-32(39)28(21-24-11-6-5-7-12-24)36(23-25-13-8-9-14-27(25)34)31(38)15-10-18-37(44(4,40)41)26-16-17-29-30(22-26)43-20-19-42-29/h5-9,11-14,16-17,22,28H,10,15,18-21,23H2,1-4H3,(H,35,39)/t28-/m0/s1. The minimum Gasteiger partial charge on any atom is -0.486 e. The number of carbonyl (C=O) groups excluding carboxylic acids is 2. The number of ether oxygens (including phenoxy) is 2. The van der Waals surface area contributed by atoms with Crippen LogP contribution in [-0.2, 0) is 32.6 Å². The molecule has 0 spiro atoms. The van der Waals surface area contributed by atoms with Gasteiger partial charge in [0.15, 0.2) is 11.5 Å². The van der Waals surface area contributed by atoms with Gasteiger partial charge >= 0.3 is 0 Å². The van der Waals surface area contributed by atoms with Gasteiger partial charge in [-0.2, -0.15) is 0 Å². The maximum atomic E-state index is 14.8. The molecule has 2 amide bonds. The fourth-order valence-corrected chi connectivity index (χ4v) is 5.97. The van der Waals surface area contributed by atoms with Crippen molar-refractivity contribution < 1.29 is 31.9 Å². The van der Waals surface area contributed by atoms with Crippen molar-refractivity contribution in [3.63, 3.8) is 0 Å². The molecule has 44 heavy (non-hydrogen) atoms. The van der Waals surface area contributed by atoms with Crippen molar-refractivity contribution in [2.45, 2.75) is 58.2 Å². The summed E-state index contributed by atoms with van der Waals surface area (Å²) in [6, 6.07) is 19.4. The summed E-state index contributed by atoms with van der Waals surface area (Å²) in [5, 5.41) is 2.98. The number of rotatable bonds is 12. The first-order chi connectivity index (χ1) is 20.8. The van der Waals surface area contributed by atoms with E-state index in [1.807, 2.05) is 51.1 Å². The van der Waals surface area contributed by atoms with Crippen LogP contribution >= 0.6 is 0 Å². The smallest absolute Gasteiger partial charge is 0.243 e. The van der Waals surface area contributed by atoms with Crippen molar-refractivity contribution in [2.24, 2.45) is 0 Å². The predicted octanol–water partition coefficient (Wildman–Crippen LogP) is 4.70. The van der Waals surface area contributed by atoms with E-state index < -0.39 is 33.3 Å². The van der Waals surface area contributed by atoms with Crippen LogP contribution in [0.25, 0.3) is 0 Å². The number of amides is 2. The highest BCUT2D eigenvalue weighted by atomic mass is 32.2. The molecular weight excluding hydrogens is 585 g/mol. The minimum atomic E-state index is -3.71. The molecule has 0 saturated heterocycles. The molecule has 0 unspecified atom stereocenters. The molecular formula is C33H40FN3O6S. The minimum absolute atomic E-state index is 0.00922. The van der Waals surface area contributed by atoms with Crippen molar-refractivity contribution in [1.82, 2.24) is 10.2 Å². The topological polar surface area (TPSA) is 105 Å². The second-order valence-electron chi connectivity index (χ2n) is 11.8. The second-order valence-corrected chi connectivity index (χ2v) is 13.7. The fraction of sp³-hybridized carbons (Fsp3) is 0.394. The van der Waals surface area contributed by atoms with Crippen LogP contribution in [0.15, 0.2) is 72.8 Å². The Kier molecular flexibility index (Phi) is 10.5. The molecule has 9 nitrogen and oxygen atoms in total. The van der Waals surface area contributed by atoms with E-state index in [-0.39, 0.29) is 43.8 Å². The SMILES string of the molecule is CC(C)(C)NC(=O)[C@H](Cc1ccccc1)N(Cc1ccccc1F)C(=O)CCCN(c1ccc2c(c1)OCCO2)S(C)(=O)=O. The molecule has 3 aromatic rings. The van der Waals surface area contributed by atoms with Crippen molar-refractivity contribution in [1.29, 1.82) is 0 Å². The van der Waals surface area contributed by atoms with Gasteiger partial charge in [0.1, 0.15) is 25.1 Å². The van der Waals surface area contributed by atoms with Crippen LogP contribution in [0.3, 0.4) is 0 Å². The summed E-state index contributed by atoms with van der Waals surface area (Å²) < 4.78 is 52.8. The summed E-state index contributed by atoms with van der Waals surface area (Å²) in [6.07, 6.45) is 1.41. The highest BCUT2D eigenvalue weighted by Crippen LogP contribution is 2.35. The lowest BCUT2D eigenvalue weighted by Gasteiger charge is -2.34. The lowest BCUT2D eigenvalue weighted by molar-refractivity contribution is -0.142. The molecule has 1 aliphatic heterocycles. The molecule has 0 fully saturated rings. The van der Waals surface area contributed by atoms with Crippen molar-refractivity contribution in [2.75, 3.05) is 30.3 Å². The molecule has 0 bridgehead atoms. The third kappa shape index (κ3) is 8.95. The molecule has 1 N–H and O–H groups in total. The second kappa shape index (κ2) is 14.1. The Balaban J connectivity index is 1.60. The van der Waals surface area contributed by atoms with Crippen molar-refractivity contribution in [3.8, 4) is 11.5 Å². The molecule has 0 aliphatic carbocycles. The largest absolute Gasteiger partial charge is 0.486 e. The molecule has 1 aliphatic rings. The quantitative estimate of drug-likeness (QED) is 0.313. The Morgan fingerprint density at radius 3 is 2.27 bits per heavy atom. The fourth-order valence-electron chi connectivity index (χ4n) is 5.01. The van der Waals surface area contributed by atoms with Crippen LogP contribution in [-0.4, -0.2) is 62.7 Å². The summed E-state index contributed by atoms with van der Waals surface area (Å²) in [7, 11) is -3.71. The summed E-state index contributed by atoms with van der Waals surface area (Å²) in [4.78, 5) is 29.0.